The molecule has 2 rings (SSSR count). The molecule has 3 N–H and O–H groups in total. The van der Waals surface area contributed by atoms with E-state index in [4.69, 9.17) is 5.11 Å². The second-order valence-electron chi connectivity index (χ2n) is 4.41. The summed E-state index contributed by atoms with van der Waals surface area (Å²) in [6, 6.07) is 0. The van der Waals surface area contributed by atoms with Crippen molar-refractivity contribution in [2.75, 3.05) is 11.9 Å². The highest BCUT2D eigenvalue weighted by Gasteiger charge is 2.36. The van der Waals surface area contributed by atoms with Gasteiger partial charge in [0.15, 0.2) is 0 Å². The van der Waals surface area contributed by atoms with E-state index in [1.807, 2.05) is 0 Å². The van der Waals surface area contributed by atoms with Crippen molar-refractivity contribution in [3.8, 4) is 0 Å². The molecule has 0 amide bonds. The minimum Gasteiger partial charge on any atom is -0.478 e. The van der Waals surface area contributed by atoms with Crippen molar-refractivity contribution >= 4 is 11.9 Å². The summed E-state index contributed by atoms with van der Waals surface area (Å²) in [6.45, 7) is 1.67. The van der Waals surface area contributed by atoms with Crippen molar-refractivity contribution < 1.29 is 15.0 Å². The average Bonchev–Trinajstić information content (AvgIpc) is 2.23. The van der Waals surface area contributed by atoms with Gasteiger partial charge in [0.05, 0.1) is 23.4 Å². The van der Waals surface area contributed by atoms with E-state index in [9.17, 15) is 9.90 Å². The van der Waals surface area contributed by atoms with Crippen LogP contribution < -0.4 is 5.32 Å². The van der Waals surface area contributed by atoms with Gasteiger partial charge >= 0.3 is 5.97 Å². The zero-order valence-electron chi connectivity index (χ0n) is 9.60. The number of carboxylic acid groups (broad SMARTS) is 1. The second-order valence-corrected chi connectivity index (χ2v) is 4.41. The van der Waals surface area contributed by atoms with Crippen molar-refractivity contribution in [3.05, 3.63) is 17.5 Å². The Hall–Kier alpha value is -1.69. The lowest BCUT2D eigenvalue weighted by Crippen LogP contribution is -2.48. The number of rotatable bonds is 4. The maximum atomic E-state index is 10.8. The smallest absolute Gasteiger partial charge is 0.339 e. The minimum absolute atomic E-state index is 0.0378. The lowest BCUT2D eigenvalue weighted by atomic mass is 9.77. The summed E-state index contributed by atoms with van der Waals surface area (Å²) in [5.74, 6) is -0.657. The first-order valence-electron chi connectivity index (χ1n) is 5.52. The zero-order valence-corrected chi connectivity index (χ0v) is 9.60. The van der Waals surface area contributed by atoms with E-state index in [1.54, 1.807) is 6.92 Å². The Labute approximate surface area is 98.7 Å². The van der Waals surface area contributed by atoms with Crippen LogP contribution in [0.5, 0.6) is 0 Å². The van der Waals surface area contributed by atoms with E-state index < -0.39 is 5.97 Å². The van der Waals surface area contributed by atoms with E-state index in [0.717, 1.165) is 19.3 Å². The summed E-state index contributed by atoms with van der Waals surface area (Å²) >= 11 is 0. The van der Waals surface area contributed by atoms with E-state index in [1.165, 1.54) is 6.20 Å². The highest BCUT2D eigenvalue weighted by atomic mass is 16.4. The number of hydrogen-bond donors (Lipinski definition) is 3. The van der Waals surface area contributed by atoms with E-state index in [0.29, 0.717) is 11.6 Å². The predicted octanol–water partition coefficient (Wildman–Crippen LogP) is 0.810. The van der Waals surface area contributed by atoms with Crippen molar-refractivity contribution in [1.29, 1.82) is 0 Å². The molecule has 0 radical (unpaired) electrons. The highest BCUT2D eigenvalue weighted by molar-refractivity contribution is 5.88. The van der Waals surface area contributed by atoms with Gasteiger partial charge in [-0.2, -0.15) is 0 Å². The third kappa shape index (κ3) is 2.21. The monoisotopic (exact) mass is 237 g/mol. The zero-order chi connectivity index (χ0) is 12.5. The fourth-order valence-corrected chi connectivity index (χ4v) is 1.90. The number of aryl methyl sites for hydroxylation is 1. The lowest BCUT2D eigenvalue weighted by Gasteiger charge is -2.40. The van der Waals surface area contributed by atoms with Crippen molar-refractivity contribution in [2.45, 2.75) is 31.7 Å². The summed E-state index contributed by atoms with van der Waals surface area (Å²) in [6.07, 6.45) is 4.12. The van der Waals surface area contributed by atoms with Crippen LogP contribution in [0.25, 0.3) is 0 Å². The molecule has 17 heavy (non-hydrogen) atoms. The third-order valence-electron chi connectivity index (χ3n) is 3.20. The first-order chi connectivity index (χ1) is 8.06. The van der Waals surface area contributed by atoms with E-state index in [-0.39, 0.29) is 17.7 Å². The molecule has 1 aliphatic rings. The van der Waals surface area contributed by atoms with Crippen molar-refractivity contribution in [1.82, 2.24) is 9.97 Å². The molecule has 0 spiro atoms. The molecule has 0 unspecified atom stereocenters. The maximum Gasteiger partial charge on any atom is 0.339 e. The third-order valence-corrected chi connectivity index (χ3v) is 3.20. The average molecular weight is 237 g/mol. The summed E-state index contributed by atoms with van der Waals surface area (Å²) in [5, 5.41) is 21.2. The number of aliphatic hydroxyl groups excluding tert-OH is 1. The molecule has 0 atom stereocenters. The van der Waals surface area contributed by atoms with Crippen LogP contribution >= 0.6 is 0 Å². The number of hydrogen-bond acceptors (Lipinski definition) is 5. The van der Waals surface area contributed by atoms with Gasteiger partial charge < -0.3 is 15.5 Å². The molecule has 92 valence electrons. The van der Waals surface area contributed by atoms with Gasteiger partial charge in [0.2, 0.25) is 5.95 Å². The van der Waals surface area contributed by atoms with Crippen LogP contribution in [0, 0.1) is 6.92 Å². The number of aromatic carboxylic acids is 1. The van der Waals surface area contributed by atoms with Gasteiger partial charge in [-0.3, -0.25) is 0 Å². The number of carbonyl (C=O) groups is 1. The molecule has 0 saturated heterocycles. The van der Waals surface area contributed by atoms with Crippen molar-refractivity contribution in [3.63, 3.8) is 0 Å². The fraction of sp³-hybridized carbons (Fsp3) is 0.545. The number of aromatic nitrogens is 2. The molecule has 0 aromatic carbocycles. The molecule has 1 aromatic rings. The minimum atomic E-state index is -1.03. The molecule has 1 saturated carbocycles. The van der Waals surface area contributed by atoms with Crippen molar-refractivity contribution in [2.24, 2.45) is 0 Å². The molecule has 1 heterocycles. The Morgan fingerprint density at radius 3 is 2.71 bits per heavy atom. The molecular formula is C11H15N3O3. The Kier molecular flexibility index (Phi) is 2.97. The molecule has 6 heteroatoms. The lowest BCUT2D eigenvalue weighted by molar-refractivity contribution is 0.0695. The Balaban J connectivity index is 2.17. The molecule has 0 aliphatic heterocycles. The number of carboxylic acids is 1. The highest BCUT2D eigenvalue weighted by Crippen LogP contribution is 2.33. The van der Waals surface area contributed by atoms with Crippen LogP contribution in [0.1, 0.15) is 35.3 Å². The molecule has 6 nitrogen and oxygen atoms in total. The Morgan fingerprint density at radius 2 is 2.29 bits per heavy atom. The van der Waals surface area contributed by atoms with Crippen LogP contribution in [0.3, 0.4) is 0 Å². The summed E-state index contributed by atoms with van der Waals surface area (Å²) in [4.78, 5) is 18.9. The first-order valence-corrected chi connectivity index (χ1v) is 5.52. The Morgan fingerprint density at radius 1 is 1.59 bits per heavy atom. The standard InChI is InChI=1S/C11H15N3O3/c1-7-8(9(16)17)5-12-10(13-7)14-11(6-15)3-2-4-11/h5,15H,2-4,6H2,1H3,(H,16,17)(H,12,13,14). The quantitative estimate of drug-likeness (QED) is 0.717. The molecular weight excluding hydrogens is 222 g/mol. The number of nitrogens with one attached hydrogen (secondary N) is 1. The van der Waals surface area contributed by atoms with Crippen LogP contribution in [0.2, 0.25) is 0 Å². The van der Waals surface area contributed by atoms with Crippen LogP contribution in [-0.2, 0) is 0 Å². The normalized spacial score (nSPS) is 17.3. The largest absolute Gasteiger partial charge is 0.478 e. The molecule has 1 aromatic heterocycles. The summed E-state index contributed by atoms with van der Waals surface area (Å²) in [5.41, 5.74) is 0.196. The predicted molar refractivity (Wildman–Crippen MR) is 61.0 cm³/mol. The number of anilines is 1. The van der Waals surface area contributed by atoms with Crippen LogP contribution in [0.4, 0.5) is 5.95 Å². The maximum absolute atomic E-state index is 10.8. The molecule has 1 fully saturated rings. The second kappa shape index (κ2) is 4.29. The van der Waals surface area contributed by atoms with Gasteiger partial charge in [-0.1, -0.05) is 0 Å². The number of aliphatic hydroxyl groups is 1. The van der Waals surface area contributed by atoms with E-state index >= 15 is 0 Å². The molecule has 1 aliphatic carbocycles. The Bertz CT molecular complexity index is 438. The topological polar surface area (TPSA) is 95.3 Å². The fourth-order valence-electron chi connectivity index (χ4n) is 1.90. The first kappa shape index (κ1) is 11.8. The van der Waals surface area contributed by atoms with Gasteiger partial charge in [-0.25, -0.2) is 14.8 Å². The van der Waals surface area contributed by atoms with Gasteiger partial charge in [-0.15, -0.1) is 0 Å². The van der Waals surface area contributed by atoms with E-state index in [2.05, 4.69) is 15.3 Å². The summed E-state index contributed by atoms with van der Waals surface area (Å²) in [7, 11) is 0. The van der Waals surface area contributed by atoms with Gasteiger partial charge in [0, 0.05) is 6.20 Å². The van der Waals surface area contributed by atoms with Crippen LogP contribution in [0.15, 0.2) is 6.20 Å². The molecule has 0 bridgehead atoms. The van der Waals surface area contributed by atoms with Gasteiger partial charge in [0.1, 0.15) is 0 Å². The van der Waals surface area contributed by atoms with Gasteiger partial charge in [-0.05, 0) is 26.2 Å². The summed E-state index contributed by atoms with van der Waals surface area (Å²) < 4.78 is 0. The number of nitrogens with zero attached hydrogens (tertiary/aromatic N) is 2. The van der Waals surface area contributed by atoms with Gasteiger partial charge in [0.25, 0.3) is 0 Å². The van der Waals surface area contributed by atoms with Crippen LogP contribution in [-0.4, -0.2) is 38.3 Å². The SMILES string of the molecule is Cc1nc(NC2(CO)CCC2)ncc1C(=O)O.